The average Bonchev–Trinajstić information content (AvgIpc) is 2.45. The van der Waals surface area contributed by atoms with Gasteiger partial charge in [-0.2, -0.15) is 0 Å². The fourth-order valence-corrected chi connectivity index (χ4v) is 2.07. The van der Waals surface area contributed by atoms with Crippen molar-refractivity contribution in [1.82, 2.24) is 4.90 Å². The van der Waals surface area contributed by atoms with Crippen LogP contribution in [0.3, 0.4) is 0 Å². The number of methoxy groups -OCH3 is 1. The van der Waals surface area contributed by atoms with Gasteiger partial charge in [0.2, 0.25) is 0 Å². The minimum Gasteiger partial charge on any atom is -0.383 e. The number of anilines is 1. The van der Waals surface area contributed by atoms with Crippen molar-refractivity contribution in [3.05, 3.63) is 33.9 Å². The fraction of sp³-hybridized carbons (Fsp3) is 0.500. The van der Waals surface area contributed by atoms with E-state index in [1.54, 1.807) is 25.1 Å². The molecule has 0 aliphatic heterocycles. The van der Waals surface area contributed by atoms with Gasteiger partial charge in [0.05, 0.1) is 17.1 Å². The zero-order valence-electron chi connectivity index (χ0n) is 12.8. The molecule has 0 bridgehead atoms. The Morgan fingerprint density at radius 3 is 2.62 bits per heavy atom. The lowest BCUT2D eigenvalue weighted by Gasteiger charge is -2.27. The van der Waals surface area contributed by atoms with Gasteiger partial charge in [0.25, 0.3) is 11.6 Å². The zero-order valence-corrected chi connectivity index (χ0v) is 12.8. The van der Waals surface area contributed by atoms with Crippen LogP contribution in [0, 0.1) is 10.1 Å². The molecule has 7 heteroatoms. The highest BCUT2D eigenvalue weighted by atomic mass is 16.6. The van der Waals surface area contributed by atoms with Crippen molar-refractivity contribution in [1.29, 1.82) is 0 Å². The molecule has 1 N–H and O–H groups in total. The molecule has 1 aromatic carbocycles. The quantitative estimate of drug-likeness (QED) is 0.615. The van der Waals surface area contributed by atoms with Gasteiger partial charge < -0.3 is 15.0 Å². The Kier molecular flexibility index (Phi) is 6.10. The van der Waals surface area contributed by atoms with Crippen molar-refractivity contribution in [3.8, 4) is 0 Å². The number of carbonyl (C=O) groups is 1. The second-order valence-corrected chi connectivity index (χ2v) is 4.79. The molecule has 1 rings (SSSR count). The maximum Gasteiger partial charge on any atom is 0.293 e. The molecule has 0 spiro atoms. The third-order valence-corrected chi connectivity index (χ3v) is 3.14. The van der Waals surface area contributed by atoms with Crippen LogP contribution in [-0.4, -0.2) is 49.1 Å². The molecule has 0 aliphatic rings. The normalized spacial score (nSPS) is 10.5. The summed E-state index contributed by atoms with van der Waals surface area (Å²) in [5, 5.41) is 13.8. The third-order valence-electron chi connectivity index (χ3n) is 3.14. The number of hydrogen-bond donors (Lipinski definition) is 1. The number of ether oxygens (including phenoxy) is 1. The Bertz CT molecular complexity index is 517. The van der Waals surface area contributed by atoms with Crippen molar-refractivity contribution in [2.24, 2.45) is 0 Å². The first kappa shape index (κ1) is 16.9. The van der Waals surface area contributed by atoms with E-state index in [0.29, 0.717) is 13.2 Å². The molecule has 116 valence electrons. The summed E-state index contributed by atoms with van der Waals surface area (Å²) < 4.78 is 5.01. The molecule has 0 unspecified atom stereocenters. The molecule has 0 heterocycles. The van der Waals surface area contributed by atoms with Crippen LogP contribution >= 0.6 is 0 Å². The molecule has 7 nitrogen and oxygen atoms in total. The Morgan fingerprint density at radius 2 is 2.14 bits per heavy atom. The lowest BCUT2D eigenvalue weighted by Crippen LogP contribution is -2.39. The molecule has 21 heavy (non-hydrogen) atoms. The molecular weight excluding hydrogens is 274 g/mol. The number of nitro benzene ring substituents is 1. The summed E-state index contributed by atoms with van der Waals surface area (Å²) in [5.74, 6) is -0.255. The second kappa shape index (κ2) is 7.58. The van der Waals surface area contributed by atoms with Crippen molar-refractivity contribution in [2.45, 2.75) is 19.9 Å². The van der Waals surface area contributed by atoms with Crippen LogP contribution in [0.1, 0.15) is 24.2 Å². The highest BCUT2D eigenvalue weighted by Crippen LogP contribution is 2.29. The van der Waals surface area contributed by atoms with Crippen molar-refractivity contribution >= 4 is 17.3 Å². The first-order valence-corrected chi connectivity index (χ1v) is 6.69. The first-order valence-electron chi connectivity index (χ1n) is 6.69. The molecule has 1 aromatic rings. The molecule has 0 saturated carbocycles. The second-order valence-electron chi connectivity index (χ2n) is 4.79. The summed E-state index contributed by atoms with van der Waals surface area (Å²) in [6.45, 7) is 4.63. The monoisotopic (exact) mass is 295 g/mol. The van der Waals surface area contributed by atoms with Crippen LogP contribution in [0.15, 0.2) is 18.2 Å². The minimum absolute atomic E-state index is 0.0309. The summed E-state index contributed by atoms with van der Waals surface area (Å²) in [4.78, 5) is 24.8. The summed E-state index contributed by atoms with van der Waals surface area (Å²) in [6.07, 6.45) is 0. The van der Waals surface area contributed by atoms with Crippen LogP contribution in [0.5, 0.6) is 0 Å². The van der Waals surface area contributed by atoms with Gasteiger partial charge in [-0.15, -0.1) is 0 Å². The van der Waals surface area contributed by atoms with Gasteiger partial charge in [-0.3, -0.25) is 14.9 Å². The van der Waals surface area contributed by atoms with E-state index in [4.69, 9.17) is 4.74 Å². The van der Waals surface area contributed by atoms with Crippen molar-refractivity contribution in [2.75, 3.05) is 32.6 Å². The van der Waals surface area contributed by atoms with E-state index < -0.39 is 4.92 Å². The maximum atomic E-state index is 12.7. The zero-order chi connectivity index (χ0) is 16.0. The first-order chi connectivity index (χ1) is 9.93. The predicted molar refractivity (Wildman–Crippen MR) is 80.7 cm³/mol. The van der Waals surface area contributed by atoms with Crippen LogP contribution in [0.2, 0.25) is 0 Å². The van der Waals surface area contributed by atoms with Gasteiger partial charge in [0.1, 0.15) is 5.69 Å². The summed E-state index contributed by atoms with van der Waals surface area (Å²) in [7, 11) is 3.13. The van der Waals surface area contributed by atoms with E-state index in [2.05, 4.69) is 5.32 Å². The van der Waals surface area contributed by atoms with E-state index in [1.807, 2.05) is 13.8 Å². The molecule has 0 aliphatic carbocycles. The van der Waals surface area contributed by atoms with E-state index in [-0.39, 0.29) is 28.9 Å². The van der Waals surface area contributed by atoms with E-state index in [1.165, 1.54) is 12.1 Å². The minimum atomic E-state index is -0.502. The Morgan fingerprint density at radius 1 is 1.48 bits per heavy atom. The highest BCUT2D eigenvalue weighted by molar-refractivity contribution is 6.01. The number of carbonyl (C=O) groups excluding carboxylic acids is 1. The van der Waals surface area contributed by atoms with Gasteiger partial charge >= 0.3 is 0 Å². The molecular formula is C14H21N3O4. The molecule has 0 radical (unpaired) electrons. The van der Waals surface area contributed by atoms with Crippen LogP contribution in [0.4, 0.5) is 11.4 Å². The van der Waals surface area contributed by atoms with Crippen LogP contribution in [0.25, 0.3) is 0 Å². The largest absolute Gasteiger partial charge is 0.383 e. The lowest BCUT2D eigenvalue weighted by atomic mass is 10.1. The standard InChI is InChI=1S/C14H21N3O4/c1-10(2)16(8-9-21-4)14(18)11-6-5-7-12(17(19)20)13(11)15-3/h5-7,10,15H,8-9H2,1-4H3. The van der Waals surface area contributed by atoms with Gasteiger partial charge in [0, 0.05) is 32.8 Å². The maximum absolute atomic E-state index is 12.7. The van der Waals surface area contributed by atoms with E-state index >= 15 is 0 Å². The smallest absolute Gasteiger partial charge is 0.293 e. The van der Waals surface area contributed by atoms with Crippen molar-refractivity contribution in [3.63, 3.8) is 0 Å². The lowest BCUT2D eigenvalue weighted by molar-refractivity contribution is -0.384. The number of amides is 1. The number of nitrogens with one attached hydrogen (secondary N) is 1. The van der Waals surface area contributed by atoms with Gasteiger partial charge in [-0.05, 0) is 19.9 Å². The Balaban J connectivity index is 3.21. The molecule has 1 amide bonds. The van der Waals surface area contributed by atoms with E-state index in [9.17, 15) is 14.9 Å². The number of rotatable bonds is 7. The van der Waals surface area contributed by atoms with Crippen LogP contribution in [-0.2, 0) is 4.74 Å². The molecule has 0 saturated heterocycles. The van der Waals surface area contributed by atoms with Gasteiger partial charge in [0.15, 0.2) is 0 Å². The summed E-state index contributed by atoms with van der Waals surface area (Å²) in [6, 6.07) is 4.44. The molecule has 0 atom stereocenters. The summed E-state index contributed by atoms with van der Waals surface area (Å²) in [5.41, 5.74) is 0.408. The fourth-order valence-electron chi connectivity index (χ4n) is 2.07. The Labute approximate surface area is 124 Å². The Hall–Kier alpha value is -2.15. The van der Waals surface area contributed by atoms with Gasteiger partial charge in [-0.25, -0.2) is 0 Å². The number of nitro groups is 1. The molecule has 0 fully saturated rings. The SMILES string of the molecule is CNc1c(C(=O)N(CCOC)C(C)C)cccc1[N+](=O)[O-]. The third kappa shape index (κ3) is 3.91. The highest BCUT2D eigenvalue weighted by Gasteiger charge is 2.25. The van der Waals surface area contributed by atoms with Crippen LogP contribution < -0.4 is 5.32 Å². The number of benzene rings is 1. The predicted octanol–water partition coefficient (Wildman–Crippen LogP) is 2.13. The average molecular weight is 295 g/mol. The van der Waals surface area contributed by atoms with Crippen molar-refractivity contribution < 1.29 is 14.5 Å². The number of hydrogen-bond acceptors (Lipinski definition) is 5. The number of para-hydroxylation sites is 1. The topological polar surface area (TPSA) is 84.7 Å². The van der Waals surface area contributed by atoms with Gasteiger partial charge in [-0.1, -0.05) is 6.07 Å². The number of nitrogens with zero attached hydrogens (tertiary/aromatic N) is 2. The molecule has 0 aromatic heterocycles. The summed E-state index contributed by atoms with van der Waals surface area (Å²) >= 11 is 0. The van der Waals surface area contributed by atoms with E-state index in [0.717, 1.165) is 0 Å².